The van der Waals surface area contributed by atoms with E-state index < -0.39 is 17.8 Å². The van der Waals surface area contributed by atoms with Gasteiger partial charge in [-0.15, -0.1) is 0 Å². The van der Waals surface area contributed by atoms with E-state index in [0.29, 0.717) is 10.8 Å². The van der Waals surface area contributed by atoms with Crippen LogP contribution < -0.4 is 15.6 Å². The molecule has 1 aromatic carbocycles. The van der Waals surface area contributed by atoms with Crippen LogP contribution in [0.3, 0.4) is 0 Å². The number of carboxylic acids is 1. The quantitative estimate of drug-likeness (QED) is 0.655. The van der Waals surface area contributed by atoms with Gasteiger partial charge in [0, 0.05) is 17.9 Å². The highest BCUT2D eigenvalue weighted by atomic mass is 35.5. The molecule has 2 amide bonds. The van der Waals surface area contributed by atoms with Crippen LogP contribution >= 0.6 is 11.6 Å². The second kappa shape index (κ2) is 8.99. The summed E-state index contributed by atoms with van der Waals surface area (Å²) in [5.41, 5.74) is 6.07. The van der Waals surface area contributed by atoms with E-state index in [2.05, 4.69) is 10.9 Å². The Morgan fingerprint density at radius 1 is 1.09 bits per heavy atom. The number of amides is 2. The van der Waals surface area contributed by atoms with Gasteiger partial charge in [-0.1, -0.05) is 11.6 Å². The minimum absolute atomic E-state index is 0.0169. The summed E-state index contributed by atoms with van der Waals surface area (Å²) in [4.78, 5) is 33.2. The molecule has 0 aromatic heterocycles. The number of rotatable bonds is 7. The highest BCUT2D eigenvalue weighted by molar-refractivity contribution is 6.32. The molecular formula is C15H19ClN2O5. The van der Waals surface area contributed by atoms with Crippen LogP contribution in [0.4, 0.5) is 0 Å². The van der Waals surface area contributed by atoms with Crippen molar-refractivity contribution in [2.24, 2.45) is 0 Å². The number of hydrogen-bond donors (Lipinski definition) is 3. The monoisotopic (exact) mass is 342 g/mol. The van der Waals surface area contributed by atoms with Crippen LogP contribution in [-0.2, 0) is 14.4 Å². The fraction of sp³-hybridized carbons (Fsp3) is 0.400. The Morgan fingerprint density at radius 3 is 2.22 bits per heavy atom. The number of aliphatic carboxylic acids is 1. The summed E-state index contributed by atoms with van der Waals surface area (Å²) in [5, 5.41) is 9.10. The second-order valence-electron chi connectivity index (χ2n) is 5.00. The maximum Gasteiger partial charge on any atom is 0.303 e. The third kappa shape index (κ3) is 7.01. The molecule has 8 heteroatoms. The zero-order chi connectivity index (χ0) is 17.4. The predicted molar refractivity (Wildman–Crippen MR) is 84.2 cm³/mol. The van der Waals surface area contributed by atoms with E-state index in [9.17, 15) is 14.4 Å². The molecule has 0 fully saturated rings. The van der Waals surface area contributed by atoms with Crippen LogP contribution in [0.1, 0.15) is 30.4 Å². The first-order valence-corrected chi connectivity index (χ1v) is 7.36. The van der Waals surface area contributed by atoms with E-state index in [-0.39, 0.29) is 25.9 Å². The zero-order valence-electron chi connectivity index (χ0n) is 12.9. The second-order valence-corrected chi connectivity index (χ2v) is 5.38. The van der Waals surface area contributed by atoms with Crippen LogP contribution in [-0.4, -0.2) is 29.5 Å². The number of carboxylic acid groups (broad SMARTS) is 1. The first-order valence-electron chi connectivity index (χ1n) is 6.98. The Kier molecular flexibility index (Phi) is 7.34. The Bertz CT molecular complexity index is 581. The number of hydrogen-bond acceptors (Lipinski definition) is 4. The standard InChI is InChI=1S/C15H19ClN2O5/c1-9-6-11(7-10(2)15(9)16)23-8-13(20)18-17-12(19)4-3-5-14(21)22/h6-7H,3-5,8H2,1-2H3,(H,17,19)(H,18,20)(H,21,22). The molecule has 1 rings (SSSR count). The molecule has 0 aliphatic carbocycles. The van der Waals surface area contributed by atoms with Gasteiger partial charge in [-0.2, -0.15) is 0 Å². The maximum absolute atomic E-state index is 11.6. The van der Waals surface area contributed by atoms with Gasteiger partial charge in [0.05, 0.1) is 0 Å². The van der Waals surface area contributed by atoms with Crippen LogP contribution in [0.15, 0.2) is 12.1 Å². The first-order chi connectivity index (χ1) is 10.8. The molecule has 0 heterocycles. The van der Waals surface area contributed by atoms with Crippen molar-refractivity contribution in [2.45, 2.75) is 33.1 Å². The lowest BCUT2D eigenvalue weighted by atomic mass is 10.1. The van der Waals surface area contributed by atoms with E-state index in [1.165, 1.54) is 0 Å². The average molecular weight is 343 g/mol. The smallest absolute Gasteiger partial charge is 0.303 e. The molecule has 126 valence electrons. The fourth-order valence-corrected chi connectivity index (χ4v) is 1.89. The lowest BCUT2D eigenvalue weighted by molar-refractivity contribution is -0.137. The van der Waals surface area contributed by atoms with Gasteiger partial charge in [0.25, 0.3) is 5.91 Å². The van der Waals surface area contributed by atoms with E-state index in [0.717, 1.165) is 11.1 Å². The third-order valence-electron chi connectivity index (χ3n) is 2.92. The Balaban J connectivity index is 2.32. The molecule has 0 atom stereocenters. The molecule has 0 aliphatic rings. The van der Waals surface area contributed by atoms with Gasteiger partial charge in [-0.3, -0.25) is 25.2 Å². The summed E-state index contributed by atoms with van der Waals surface area (Å²) in [6.07, 6.45) is 0.125. The SMILES string of the molecule is Cc1cc(OCC(=O)NNC(=O)CCCC(=O)O)cc(C)c1Cl. The molecule has 7 nitrogen and oxygen atoms in total. The van der Waals surface area contributed by atoms with Crippen LogP contribution in [0, 0.1) is 13.8 Å². The van der Waals surface area contributed by atoms with Crippen molar-refractivity contribution in [1.29, 1.82) is 0 Å². The number of hydrazine groups is 1. The number of nitrogens with one attached hydrogen (secondary N) is 2. The molecule has 0 bridgehead atoms. The van der Waals surface area contributed by atoms with Crippen LogP contribution in [0.25, 0.3) is 0 Å². The lowest BCUT2D eigenvalue weighted by Gasteiger charge is -2.11. The first kappa shape index (κ1) is 18.8. The molecule has 3 N–H and O–H groups in total. The largest absolute Gasteiger partial charge is 0.484 e. The minimum atomic E-state index is -0.969. The Labute approximate surface area is 138 Å². The number of ether oxygens (including phenoxy) is 1. The van der Waals surface area contributed by atoms with Crippen molar-refractivity contribution in [3.8, 4) is 5.75 Å². The number of aryl methyl sites for hydroxylation is 2. The van der Waals surface area contributed by atoms with Gasteiger partial charge in [-0.25, -0.2) is 0 Å². The van der Waals surface area contributed by atoms with Gasteiger partial charge in [0.2, 0.25) is 5.91 Å². The van der Waals surface area contributed by atoms with E-state index in [1.807, 2.05) is 13.8 Å². The van der Waals surface area contributed by atoms with E-state index >= 15 is 0 Å². The van der Waals surface area contributed by atoms with Crippen molar-refractivity contribution >= 4 is 29.4 Å². The lowest BCUT2D eigenvalue weighted by Crippen LogP contribution is -2.43. The molecule has 1 aromatic rings. The van der Waals surface area contributed by atoms with Crippen molar-refractivity contribution < 1.29 is 24.2 Å². The van der Waals surface area contributed by atoms with Gasteiger partial charge < -0.3 is 9.84 Å². The molecule has 0 unspecified atom stereocenters. The molecule has 23 heavy (non-hydrogen) atoms. The molecule has 0 aliphatic heterocycles. The van der Waals surface area contributed by atoms with Gasteiger partial charge >= 0.3 is 5.97 Å². The molecule has 0 saturated heterocycles. The molecule has 0 saturated carbocycles. The topological polar surface area (TPSA) is 105 Å². The molecule has 0 radical (unpaired) electrons. The summed E-state index contributed by atoms with van der Waals surface area (Å²) in [6, 6.07) is 3.43. The van der Waals surface area contributed by atoms with Crippen LogP contribution in [0.5, 0.6) is 5.75 Å². The van der Waals surface area contributed by atoms with Crippen molar-refractivity contribution in [3.63, 3.8) is 0 Å². The van der Waals surface area contributed by atoms with Crippen molar-refractivity contribution in [2.75, 3.05) is 6.61 Å². The summed E-state index contributed by atoms with van der Waals surface area (Å²) >= 11 is 6.04. The van der Waals surface area contributed by atoms with Crippen molar-refractivity contribution in [1.82, 2.24) is 10.9 Å². The number of halogens is 1. The molecule has 0 spiro atoms. The fourth-order valence-electron chi connectivity index (χ4n) is 1.78. The van der Waals surface area contributed by atoms with Gasteiger partial charge in [-0.05, 0) is 43.5 Å². The van der Waals surface area contributed by atoms with E-state index in [4.69, 9.17) is 21.4 Å². The Morgan fingerprint density at radius 2 is 1.65 bits per heavy atom. The minimum Gasteiger partial charge on any atom is -0.484 e. The predicted octanol–water partition coefficient (Wildman–Crippen LogP) is 1.74. The summed E-state index contributed by atoms with van der Waals surface area (Å²) in [5.74, 6) is -1.45. The number of carbonyl (C=O) groups is 3. The highest BCUT2D eigenvalue weighted by Gasteiger charge is 2.08. The zero-order valence-corrected chi connectivity index (χ0v) is 13.7. The Hall–Kier alpha value is -2.28. The average Bonchev–Trinajstić information content (AvgIpc) is 2.48. The third-order valence-corrected chi connectivity index (χ3v) is 3.51. The summed E-state index contributed by atoms with van der Waals surface area (Å²) in [6.45, 7) is 3.40. The normalized spacial score (nSPS) is 10.0. The number of benzene rings is 1. The summed E-state index contributed by atoms with van der Waals surface area (Å²) in [7, 11) is 0. The van der Waals surface area contributed by atoms with Crippen molar-refractivity contribution in [3.05, 3.63) is 28.3 Å². The molecular weight excluding hydrogens is 324 g/mol. The van der Waals surface area contributed by atoms with Crippen LogP contribution in [0.2, 0.25) is 5.02 Å². The highest BCUT2D eigenvalue weighted by Crippen LogP contribution is 2.25. The maximum atomic E-state index is 11.6. The van der Waals surface area contributed by atoms with Gasteiger partial charge in [0.1, 0.15) is 5.75 Å². The summed E-state index contributed by atoms with van der Waals surface area (Å²) < 4.78 is 5.33. The number of carbonyl (C=O) groups excluding carboxylic acids is 2. The van der Waals surface area contributed by atoms with E-state index in [1.54, 1.807) is 12.1 Å². The van der Waals surface area contributed by atoms with Gasteiger partial charge in [0.15, 0.2) is 6.61 Å².